The van der Waals surface area contributed by atoms with Gasteiger partial charge in [-0.05, 0) is 19.1 Å². The zero-order valence-electron chi connectivity index (χ0n) is 12.8. The lowest BCUT2D eigenvalue weighted by Gasteiger charge is -2.37. The molecule has 1 aromatic heterocycles. The molecule has 1 aliphatic heterocycles. The van der Waals surface area contributed by atoms with E-state index in [0.717, 1.165) is 11.9 Å². The molecule has 22 heavy (non-hydrogen) atoms. The van der Waals surface area contributed by atoms with Crippen LogP contribution < -0.4 is 5.32 Å². The van der Waals surface area contributed by atoms with Crippen LogP contribution in [0.4, 0.5) is 0 Å². The molecule has 0 aromatic carbocycles. The van der Waals surface area contributed by atoms with Crippen molar-refractivity contribution in [1.82, 2.24) is 14.6 Å². The molecule has 0 unspecified atom stereocenters. The van der Waals surface area contributed by atoms with Gasteiger partial charge in [0.15, 0.2) is 5.60 Å². The van der Waals surface area contributed by atoms with Gasteiger partial charge in [0.1, 0.15) is 0 Å². The van der Waals surface area contributed by atoms with Gasteiger partial charge in [-0.2, -0.15) is 4.31 Å². The second-order valence-corrected chi connectivity index (χ2v) is 7.49. The Kier molecular flexibility index (Phi) is 5.15. The van der Waals surface area contributed by atoms with E-state index in [4.69, 9.17) is 4.74 Å². The van der Waals surface area contributed by atoms with Gasteiger partial charge in [-0.1, -0.05) is 6.07 Å². The van der Waals surface area contributed by atoms with Crippen LogP contribution in [0.3, 0.4) is 0 Å². The van der Waals surface area contributed by atoms with E-state index in [9.17, 15) is 13.2 Å². The lowest BCUT2D eigenvalue weighted by molar-refractivity contribution is -0.152. The summed E-state index contributed by atoms with van der Waals surface area (Å²) in [7, 11) is -3.33. The second kappa shape index (κ2) is 6.72. The van der Waals surface area contributed by atoms with Crippen LogP contribution in [0.15, 0.2) is 24.4 Å². The largest absolute Gasteiger partial charge is 0.363 e. The summed E-state index contributed by atoms with van der Waals surface area (Å²) in [6.45, 7) is 2.54. The van der Waals surface area contributed by atoms with Crippen molar-refractivity contribution in [3.05, 3.63) is 30.1 Å². The summed E-state index contributed by atoms with van der Waals surface area (Å²) >= 11 is 0. The summed E-state index contributed by atoms with van der Waals surface area (Å²) < 4.78 is 30.0. The Balaban J connectivity index is 1.90. The molecule has 1 aliphatic rings. The fraction of sp³-hybridized carbons (Fsp3) is 0.571. The highest BCUT2D eigenvalue weighted by molar-refractivity contribution is 7.88. The number of hydrogen-bond acceptors (Lipinski definition) is 5. The normalized spacial score (nSPS) is 23.2. The maximum atomic E-state index is 12.3. The maximum Gasteiger partial charge on any atom is 0.253 e. The van der Waals surface area contributed by atoms with Crippen LogP contribution in [0.25, 0.3) is 0 Å². The van der Waals surface area contributed by atoms with Gasteiger partial charge in [0.2, 0.25) is 10.0 Å². The van der Waals surface area contributed by atoms with Crippen molar-refractivity contribution in [1.29, 1.82) is 0 Å². The summed E-state index contributed by atoms with van der Waals surface area (Å²) in [5, 5.41) is 2.79. The average Bonchev–Trinajstić information content (AvgIpc) is 2.47. The van der Waals surface area contributed by atoms with Gasteiger partial charge in [0.25, 0.3) is 5.91 Å². The van der Waals surface area contributed by atoms with Crippen LogP contribution >= 0.6 is 0 Å². The summed E-state index contributed by atoms with van der Waals surface area (Å²) in [5.74, 6) is -0.309. The highest BCUT2D eigenvalue weighted by atomic mass is 32.2. The van der Waals surface area contributed by atoms with Gasteiger partial charge >= 0.3 is 0 Å². The Labute approximate surface area is 130 Å². The molecule has 1 amide bonds. The molecule has 0 spiro atoms. The van der Waals surface area contributed by atoms with E-state index in [-0.39, 0.29) is 25.6 Å². The fourth-order valence-corrected chi connectivity index (χ4v) is 3.18. The van der Waals surface area contributed by atoms with Crippen molar-refractivity contribution < 1.29 is 17.9 Å². The topological polar surface area (TPSA) is 88.6 Å². The summed E-state index contributed by atoms with van der Waals surface area (Å²) in [6, 6.07) is 5.61. The Morgan fingerprint density at radius 3 is 2.91 bits per heavy atom. The Hall–Kier alpha value is -1.51. The van der Waals surface area contributed by atoms with Crippen molar-refractivity contribution in [3.63, 3.8) is 0 Å². The Morgan fingerprint density at radius 1 is 1.50 bits per heavy atom. The third-order valence-corrected chi connectivity index (χ3v) is 4.83. The lowest BCUT2D eigenvalue weighted by atomic mass is 10.0. The number of amides is 1. The number of aromatic nitrogens is 1. The first kappa shape index (κ1) is 16.9. The molecule has 0 saturated carbocycles. The number of ether oxygens (including phenoxy) is 1. The number of morpholine rings is 1. The van der Waals surface area contributed by atoms with Gasteiger partial charge in [-0.25, -0.2) is 8.42 Å². The molecule has 1 atom stereocenters. The van der Waals surface area contributed by atoms with Crippen molar-refractivity contribution in [2.45, 2.75) is 18.9 Å². The number of rotatable bonds is 5. The molecule has 2 heterocycles. The van der Waals surface area contributed by atoms with Crippen molar-refractivity contribution in [3.8, 4) is 0 Å². The summed E-state index contributed by atoms with van der Waals surface area (Å²) in [6.07, 6.45) is 3.45. The number of carbonyl (C=O) groups excluding carboxylic acids is 1. The lowest BCUT2D eigenvalue weighted by Crippen LogP contribution is -2.59. The monoisotopic (exact) mass is 327 g/mol. The van der Waals surface area contributed by atoms with E-state index in [0.29, 0.717) is 13.0 Å². The molecule has 1 aromatic rings. The number of carbonyl (C=O) groups is 1. The minimum Gasteiger partial charge on any atom is -0.363 e. The molecule has 1 fully saturated rings. The zero-order valence-corrected chi connectivity index (χ0v) is 13.6. The molecular weight excluding hydrogens is 306 g/mol. The number of sulfonamides is 1. The number of nitrogens with one attached hydrogen (secondary N) is 1. The van der Waals surface area contributed by atoms with E-state index < -0.39 is 15.6 Å². The SMILES string of the molecule is C[C@@]1(C(=O)NCCc2ccccn2)CN(S(C)(=O)=O)CCO1. The van der Waals surface area contributed by atoms with E-state index in [1.165, 1.54) is 4.31 Å². The van der Waals surface area contributed by atoms with Gasteiger partial charge in [-0.3, -0.25) is 9.78 Å². The molecule has 0 radical (unpaired) electrons. The molecule has 122 valence electrons. The molecule has 0 aliphatic carbocycles. The molecular formula is C14H21N3O4S. The van der Waals surface area contributed by atoms with E-state index in [1.807, 2.05) is 18.2 Å². The molecule has 1 saturated heterocycles. The Morgan fingerprint density at radius 2 is 2.27 bits per heavy atom. The van der Waals surface area contributed by atoms with Gasteiger partial charge in [0, 0.05) is 31.4 Å². The van der Waals surface area contributed by atoms with E-state index >= 15 is 0 Å². The van der Waals surface area contributed by atoms with Crippen LogP contribution in [-0.4, -0.2) is 61.7 Å². The summed E-state index contributed by atoms with van der Waals surface area (Å²) in [4.78, 5) is 16.5. The van der Waals surface area contributed by atoms with Crippen LogP contribution in [0.1, 0.15) is 12.6 Å². The second-order valence-electron chi connectivity index (χ2n) is 5.50. The Bertz CT molecular complexity index is 620. The average molecular weight is 327 g/mol. The number of pyridine rings is 1. The van der Waals surface area contributed by atoms with Crippen molar-refractivity contribution >= 4 is 15.9 Å². The zero-order chi connectivity index (χ0) is 16.2. The third-order valence-electron chi connectivity index (χ3n) is 3.58. The van der Waals surface area contributed by atoms with Crippen LogP contribution in [-0.2, 0) is 26.0 Å². The van der Waals surface area contributed by atoms with Crippen LogP contribution in [0.2, 0.25) is 0 Å². The molecule has 2 rings (SSSR count). The predicted molar refractivity (Wildman–Crippen MR) is 81.7 cm³/mol. The maximum absolute atomic E-state index is 12.3. The van der Waals surface area contributed by atoms with Crippen molar-refractivity contribution in [2.24, 2.45) is 0 Å². The minimum atomic E-state index is -3.33. The third kappa shape index (κ3) is 4.25. The predicted octanol–water partition coefficient (Wildman–Crippen LogP) is -0.209. The van der Waals surface area contributed by atoms with Gasteiger partial charge in [-0.15, -0.1) is 0 Å². The highest BCUT2D eigenvalue weighted by Gasteiger charge is 2.41. The van der Waals surface area contributed by atoms with Crippen LogP contribution in [0, 0.1) is 0 Å². The summed E-state index contributed by atoms with van der Waals surface area (Å²) in [5.41, 5.74) is -0.277. The van der Waals surface area contributed by atoms with Crippen molar-refractivity contribution in [2.75, 3.05) is 32.5 Å². The smallest absolute Gasteiger partial charge is 0.253 e. The van der Waals surface area contributed by atoms with Gasteiger partial charge in [0.05, 0.1) is 19.4 Å². The molecule has 1 N–H and O–H groups in total. The van der Waals surface area contributed by atoms with Crippen LogP contribution in [0.5, 0.6) is 0 Å². The minimum absolute atomic E-state index is 0.0290. The standard InChI is InChI=1S/C14H21N3O4S/c1-14(11-17(9-10-21-14)22(2,19)20)13(18)16-8-6-12-5-3-4-7-15-12/h3-5,7H,6,8-11H2,1-2H3,(H,16,18)/t14-/m0/s1. The first-order valence-electron chi connectivity index (χ1n) is 7.08. The first-order valence-corrected chi connectivity index (χ1v) is 8.93. The highest BCUT2D eigenvalue weighted by Crippen LogP contribution is 2.19. The fourth-order valence-electron chi connectivity index (χ4n) is 2.29. The number of hydrogen-bond donors (Lipinski definition) is 1. The quantitative estimate of drug-likeness (QED) is 0.808. The molecule has 7 nitrogen and oxygen atoms in total. The number of nitrogens with zero attached hydrogens (tertiary/aromatic N) is 2. The molecule has 8 heteroatoms. The first-order chi connectivity index (χ1) is 10.3. The van der Waals surface area contributed by atoms with Gasteiger partial charge < -0.3 is 10.1 Å². The van der Waals surface area contributed by atoms with E-state index in [2.05, 4.69) is 10.3 Å². The molecule has 0 bridgehead atoms. The van der Waals surface area contributed by atoms with E-state index in [1.54, 1.807) is 13.1 Å².